The number of hydrogen-bond donors (Lipinski definition) is 1. The zero-order valence-electron chi connectivity index (χ0n) is 13.9. The van der Waals surface area contributed by atoms with E-state index >= 15 is 0 Å². The van der Waals surface area contributed by atoms with E-state index in [2.05, 4.69) is 10.4 Å². The Labute approximate surface area is 162 Å². The third kappa shape index (κ3) is 4.75. The van der Waals surface area contributed by atoms with E-state index in [9.17, 15) is 4.79 Å². The van der Waals surface area contributed by atoms with Gasteiger partial charge in [-0.15, -0.1) is 0 Å². The van der Waals surface area contributed by atoms with Gasteiger partial charge >= 0.3 is 0 Å². The molecule has 0 aliphatic heterocycles. The van der Waals surface area contributed by atoms with E-state index in [-0.39, 0.29) is 5.91 Å². The summed E-state index contributed by atoms with van der Waals surface area (Å²) in [6.45, 7) is 1.09. The highest BCUT2D eigenvalue weighted by molar-refractivity contribution is 6.42. The summed E-state index contributed by atoms with van der Waals surface area (Å²) in [7, 11) is 0. The molecule has 0 radical (unpaired) electrons. The maximum atomic E-state index is 12.1. The SMILES string of the molecule is O=C(/C=C/c1cccc(Cl)c1Cl)NCc1ccccc1Cn1cccn1. The van der Waals surface area contributed by atoms with Crippen molar-refractivity contribution in [1.82, 2.24) is 15.1 Å². The second kappa shape index (κ2) is 8.70. The summed E-state index contributed by atoms with van der Waals surface area (Å²) < 4.78 is 1.85. The minimum atomic E-state index is -0.199. The lowest BCUT2D eigenvalue weighted by Crippen LogP contribution is -2.21. The quantitative estimate of drug-likeness (QED) is 0.631. The van der Waals surface area contributed by atoms with Crippen molar-refractivity contribution in [3.8, 4) is 0 Å². The molecule has 0 spiro atoms. The fraction of sp³-hybridized carbons (Fsp3) is 0.100. The first-order valence-electron chi connectivity index (χ1n) is 8.07. The predicted octanol–water partition coefficient (Wildman–Crippen LogP) is 4.57. The number of nitrogens with zero attached hydrogens (tertiary/aromatic N) is 2. The van der Waals surface area contributed by atoms with Gasteiger partial charge in [-0.25, -0.2) is 0 Å². The highest BCUT2D eigenvalue weighted by Gasteiger charge is 2.05. The molecule has 0 aliphatic carbocycles. The summed E-state index contributed by atoms with van der Waals surface area (Å²) in [5.41, 5.74) is 2.86. The standard InChI is InChI=1S/C20H17Cl2N3O/c21-18-8-3-7-15(20(18)22)9-10-19(26)23-13-16-5-1-2-6-17(16)14-25-12-4-11-24-25/h1-12H,13-14H2,(H,23,26)/b10-9+. The fourth-order valence-electron chi connectivity index (χ4n) is 2.51. The van der Waals surface area contributed by atoms with E-state index in [4.69, 9.17) is 23.2 Å². The highest BCUT2D eigenvalue weighted by atomic mass is 35.5. The molecule has 6 heteroatoms. The summed E-state index contributed by atoms with van der Waals surface area (Å²) >= 11 is 12.1. The number of nitrogens with one attached hydrogen (secondary N) is 1. The van der Waals surface area contributed by atoms with Crippen molar-refractivity contribution in [3.63, 3.8) is 0 Å². The first-order valence-corrected chi connectivity index (χ1v) is 8.83. The minimum Gasteiger partial charge on any atom is -0.348 e. The molecule has 0 unspecified atom stereocenters. The first-order chi connectivity index (χ1) is 12.6. The van der Waals surface area contributed by atoms with Gasteiger partial charge in [0, 0.05) is 25.0 Å². The third-order valence-corrected chi connectivity index (χ3v) is 4.69. The van der Waals surface area contributed by atoms with Gasteiger partial charge < -0.3 is 5.32 Å². The third-order valence-electron chi connectivity index (χ3n) is 3.86. The van der Waals surface area contributed by atoms with E-state index in [0.29, 0.717) is 28.7 Å². The lowest BCUT2D eigenvalue weighted by Gasteiger charge is -2.10. The summed E-state index contributed by atoms with van der Waals surface area (Å²) in [6.07, 6.45) is 6.76. The number of hydrogen-bond acceptors (Lipinski definition) is 2. The molecule has 4 nitrogen and oxygen atoms in total. The normalized spacial score (nSPS) is 11.0. The van der Waals surface area contributed by atoms with Crippen LogP contribution in [0.1, 0.15) is 16.7 Å². The zero-order valence-corrected chi connectivity index (χ0v) is 15.4. The molecular formula is C20H17Cl2N3O. The second-order valence-corrected chi connectivity index (χ2v) is 6.45. The van der Waals surface area contributed by atoms with Crippen LogP contribution in [0.25, 0.3) is 6.08 Å². The Morgan fingerprint density at radius 3 is 2.65 bits per heavy atom. The van der Waals surface area contributed by atoms with Crippen LogP contribution in [0.15, 0.2) is 67.0 Å². The molecule has 3 aromatic rings. The Hall–Kier alpha value is -2.56. The lowest BCUT2D eigenvalue weighted by atomic mass is 10.1. The molecule has 0 saturated heterocycles. The van der Waals surface area contributed by atoms with Crippen molar-refractivity contribution in [2.75, 3.05) is 0 Å². The molecule has 3 rings (SSSR count). The van der Waals surface area contributed by atoms with Crippen LogP contribution in [0.3, 0.4) is 0 Å². The summed E-state index contributed by atoms with van der Waals surface area (Å²) in [4.78, 5) is 12.1. The molecule has 1 aromatic heterocycles. The molecule has 0 aliphatic rings. The molecular weight excluding hydrogens is 369 g/mol. The topological polar surface area (TPSA) is 46.9 Å². The summed E-state index contributed by atoms with van der Waals surface area (Å²) in [6, 6.07) is 15.1. The fourth-order valence-corrected chi connectivity index (χ4v) is 2.88. The summed E-state index contributed by atoms with van der Waals surface area (Å²) in [5.74, 6) is -0.199. The van der Waals surface area contributed by atoms with Crippen LogP contribution < -0.4 is 5.32 Å². The number of carbonyl (C=O) groups is 1. The van der Waals surface area contributed by atoms with E-state index in [0.717, 1.165) is 11.1 Å². The van der Waals surface area contributed by atoms with E-state index < -0.39 is 0 Å². The van der Waals surface area contributed by atoms with Gasteiger partial charge in [-0.05, 0) is 34.9 Å². The second-order valence-electron chi connectivity index (χ2n) is 5.67. The smallest absolute Gasteiger partial charge is 0.244 e. The van der Waals surface area contributed by atoms with Crippen molar-refractivity contribution in [2.24, 2.45) is 0 Å². The predicted molar refractivity (Wildman–Crippen MR) is 105 cm³/mol. The van der Waals surface area contributed by atoms with Gasteiger partial charge in [0.15, 0.2) is 0 Å². The molecule has 0 bridgehead atoms. The largest absolute Gasteiger partial charge is 0.348 e. The van der Waals surface area contributed by atoms with Gasteiger partial charge in [-0.3, -0.25) is 9.48 Å². The Bertz CT molecular complexity index is 921. The molecule has 1 N–H and O–H groups in total. The van der Waals surface area contributed by atoms with E-state index in [1.54, 1.807) is 30.5 Å². The molecule has 0 saturated carbocycles. The van der Waals surface area contributed by atoms with Gasteiger partial charge in [-0.1, -0.05) is 59.6 Å². The number of amides is 1. The monoisotopic (exact) mass is 385 g/mol. The van der Waals surface area contributed by atoms with Crippen LogP contribution >= 0.6 is 23.2 Å². The van der Waals surface area contributed by atoms with Crippen LogP contribution in [0.2, 0.25) is 10.0 Å². The van der Waals surface area contributed by atoms with Crippen molar-refractivity contribution >= 4 is 35.2 Å². The number of benzene rings is 2. The molecule has 2 aromatic carbocycles. The first kappa shape index (κ1) is 18.2. The number of halogens is 2. The number of rotatable bonds is 6. The van der Waals surface area contributed by atoms with E-state index in [1.165, 1.54) is 6.08 Å². The lowest BCUT2D eigenvalue weighted by molar-refractivity contribution is -0.116. The van der Waals surface area contributed by atoms with Crippen LogP contribution in [0.4, 0.5) is 0 Å². The zero-order chi connectivity index (χ0) is 18.4. The van der Waals surface area contributed by atoms with Crippen molar-refractivity contribution in [1.29, 1.82) is 0 Å². The van der Waals surface area contributed by atoms with Gasteiger partial charge in [0.1, 0.15) is 0 Å². The average molecular weight is 386 g/mol. The van der Waals surface area contributed by atoms with Crippen LogP contribution in [0, 0.1) is 0 Å². The van der Waals surface area contributed by atoms with Crippen molar-refractivity contribution in [2.45, 2.75) is 13.1 Å². The number of aromatic nitrogens is 2. The van der Waals surface area contributed by atoms with Gasteiger partial charge in [0.2, 0.25) is 5.91 Å². The maximum absolute atomic E-state index is 12.1. The van der Waals surface area contributed by atoms with Gasteiger partial charge in [-0.2, -0.15) is 5.10 Å². The Morgan fingerprint density at radius 1 is 1.08 bits per heavy atom. The minimum absolute atomic E-state index is 0.199. The molecule has 0 atom stereocenters. The van der Waals surface area contributed by atoms with E-state index in [1.807, 2.05) is 41.2 Å². The van der Waals surface area contributed by atoms with Crippen molar-refractivity contribution < 1.29 is 4.79 Å². The van der Waals surface area contributed by atoms with Crippen LogP contribution in [-0.2, 0) is 17.9 Å². The van der Waals surface area contributed by atoms with Crippen molar-refractivity contribution in [3.05, 3.63) is 93.7 Å². The molecule has 1 amide bonds. The molecule has 26 heavy (non-hydrogen) atoms. The van der Waals surface area contributed by atoms with Crippen LogP contribution in [0.5, 0.6) is 0 Å². The number of carbonyl (C=O) groups excluding carboxylic acids is 1. The highest BCUT2D eigenvalue weighted by Crippen LogP contribution is 2.26. The molecule has 1 heterocycles. The molecule has 0 fully saturated rings. The average Bonchev–Trinajstić information content (AvgIpc) is 3.15. The Balaban J connectivity index is 1.63. The summed E-state index contributed by atoms with van der Waals surface area (Å²) in [5, 5.41) is 8.01. The Kier molecular flexibility index (Phi) is 6.10. The molecule has 132 valence electrons. The maximum Gasteiger partial charge on any atom is 0.244 e. The van der Waals surface area contributed by atoms with Gasteiger partial charge in [0.25, 0.3) is 0 Å². The van der Waals surface area contributed by atoms with Gasteiger partial charge in [0.05, 0.1) is 16.6 Å². The van der Waals surface area contributed by atoms with Crippen LogP contribution in [-0.4, -0.2) is 15.7 Å². The Morgan fingerprint density at radius 2 is 1.88 bits per heavy atom.